The number of carbonyl (C=O) groups is 1. The Morgan fingerprint density at radius 1 is 0.919 bits per heavy atom. The fraction of sp³-hybridized carbons (Fsp3) is 0.259. The average molecular weight is 508 g/mol. The second kappa shape index (κ2) is 9.02. The van der Waals surface area contributed by atoms with Gasteiger partial charge in [0.2, 0.25) is 0 Å². The molecule has 0 unspecified atom stereocenters. The van der Waals surface area contributed by atoms with Gasteiger partial charge in [-0.3, -0.25) is 9.48 Å². The first-order valence-corrected chi connectivity index (χ1v) is 11.6. The number of benzene rings is 1. The fourth-order valence-corrected chi connectivity index (χ4v) is 4.07. The molecule has 7 nitrogen and oxygen atoms in total. The Hall–Kier alpha value is -4.21. The lowest BCUT2D eigenvalue weighted by Crippen LogP contribution is -2.35. The molecule has 0 N–H and O–H groups in total. The van der Waals surface area contributed by atoms with E-state index >= 15 is 0 Å². The molecule has 5 rings (SSSR count). The topological polar surface area (TPSA) is 78.2 Å². The van der Waals surface area contributed by atoms with Crippen molar-refractivity contribution >= 4 is 11.3 Å². The molecule has 190 valence electrons. The predicted octanol–water partition coefficient (Wildman–Crippen LogP) is 5.58. The summed E-state index contributed by atoms with van der Waals surface area (Å²) < 4.78 is 48.1. The number of rotatable bonds is 7. The van der Waals surface area contributed by atoms with Crippen molar-refractivity contribution < 1.29 is 22.5 Å². The highest BCUT2D eigenvalue weighted by Gasteiger charge is 2.51. The number of hydrogen-bond donors (Lipinski definition) is 0. The largest absolute Gasteiger partial charge is 0.401 e. The summed E-state index contributed by atoms with van der Waals surface area (Å²) in [7, 11) is 1.87. The van der Waals surface area contributed by atoms with Crippen LogP contribution in [0.5, 0.6) is 0 Å². The zero-order valence-corrected chi connectivity index (χ0v) is 20.5. The number of carbonyl (C=O) groups excluding carboxylic acids is 1. The summed E-state index contributed by atoms with van der Waals surface area (Å²) in [6.45, 7) is 2.04. The van der Waals surface area contributed by atoms with E-state index in [0.717, 1.165) is 47.2 Å². The number of aryl methyl sites for hydroxylation is 1. The Labute approximate surface area is 210 Å². The van der Waals surface area contributed by atoms with Crippen molar-refractivity contribution in [2.75, 3.05) is 0 Å². The van der Waals surface area contributed by atoms with E-state index in [2.05, 4.69) is 15.4 Å². The van der Waals surface area contributed by atoms with Crippen LogP contribution < -0.4 is 0 Å². The standard InChI is InChI=1S/C27H24F3N5O2/c1-26(2,27(28,29)30)25-12-21(33-37-25)11-22(36)10-17-4-6-18(7-5-17)23-14-32-35-16-19(8-9-24(23)35)20-13-31-34(3)15-20/h4-9,12-16H,10-11H2,1-3H3. The molecule has 0 bridgehead atoms. The highest BCUT2D eigenvalue weighted by atomic mass is 19.4. The Bertz CT molecular complexity index is 1580. The lowest BCUT2D eigenvalue weighted by molar-refractivity contribution is -0.185. The number of aromatic nitrogens is 5. The van der Waals surface area contributed by atoms with Crippen LogP contribution in [0.1, 0.15) is 30.9 Å². The number of hydrogen-bond acceptors (Lipinski definition) is 5. The van der Waals surface area contributed by atoms with E-state index in [-0.39, 0.29) is 30.1 Å². The molecule has 0 fully saturated rings. The maximum atomic E-state index is 13.2. The molecule has 0 aliphatic carbocycles. The lowest BCUT2D eigenvalue weighted by Gasteiger charge is -2.24. The van der Waals surface area contributed by atoms with E-state index in [1.54, 1.807) is 17.1 Å². The third-order valence-electron chi connectivity index (χ3n) is 6.48. The molecular formula is C27H24F3N5O2. The Balaban J connectivity index is 1.27. The fourth-order valence-electron chi connectivity index (χ4n) is 4.07. The molecule has 0 saturated carbocycles. The van der Waals surface area contributed by atoms with Crippen molar-refractivity contribution in [3.63, 3.8) is 0 Å². The van der Waals surface area contributed by atoms with E-state index in [9.17, 15) is 18.0 Å². The van der Waals surface area contributed by atoms with Gasteiger partial charge in [-0.1, -0.05) is 35.5 Å². The molecule has 1 aromatic carbocycles. The first kappa shape index (κ1) is 24.5. The second-order valence-corrected chi connectivity index (χ2v) is 9.60. The molecule has 0 saturated heterocycles. The molecule has 37 heavy (non-hydrogen) atoms. The van der Waals surface area contributed by atoms with E-state index < -0.39 is 11.6 Å². The monoisotopic (exact) mass is 507 g/mol. The molecule has 0 spiro atoms. The van der Waals surface area contributed by atoms with Gasteiger partial charge in [-0.15, -0.1) is 0 Å². The van der Waals surface area contributed by atoms with Gasteiger partial charge in [0, 0.05) is 48.6 Å². The van der Waals surface area contributed by atoms with Crippen molar-refractivity contribution in [3.05, 3.63) is 84.3 Å². The number of Topliss-reactive ketones (excluding diaryl/α,β-unsaturated/α-hetero) is 1. The molecule has 5 aromatic rings. The summed E-state index contributed by atoms with van der Waals surface area (Å²) in [5.41, 5.74) is 3.66. The Morgan fingerprint density at radius 3 is 2.32 bits per heavy atom. The van der Waals surface area contributed by atoms with Gasteiger partial charge < -0.3 is 4.52 Å². The van der Waals surface area contributed by atoms with Crippen molar-refractivity contribution in [3.8, 4) is 22.3 Å². The van der Waals surface area contributed by atoms with E-state index in [0.29, 0.717) is 0 Å². The molecule has 0 atom stereocenters. The van der Waals surface area contributed by atoms with Crippen LogP contribution in [0.4, 0.5) is 13.2 Å². The van der Waals surface area contributed by atoms with Crippen molar-refractivity contribution in [1.29, 1.82) is 0 Å². The summed E-state index contributed by atoms with van der Waals surface area (Å²) >= 11 is 0. The van der Waals surface area contributed by atoms with Crippen molar-refractivity contribution in [2.24, 2.45) is 7.05 Å². The second-order valence-electron chi connectivity index (χ2n) is 9.60. The summed E-state index contributed by atoms with van der Waals surface area (Å²) in [6, 6.07) is 12.8. The number of fused-ring (bicyclic) bond motifs is 1. The number of pyridine rings is 1. The minimum Gasteiger partial charge on any atom is -0.360 e. The zero-order valence-electron chi connectivity index (χ0n) is 20.5. The summed E-state index contributed by atoms with van der Waals surface area (Å²) in [5, 5.41) is 12.4. The van der Waals surface area contributed by atoms with Gasteiger partial charge in [0.05, 0.1) is 30.0 Å². The van der Waals surface area contributed by atoms with Crippen molar-refractivity contribution in [2.45, 2.75) is 38.3 Å². The van der Waals surface area contributed by atoms with Gasteiger partial charge in [-0.25, -0.2) is 4.52 Å². The van der Waals surface area contributed by atoms with Gasteiger partial charge in [0.25, 0.3) is 0 Å². The van der Waals surface area contributed by atoms with Crippen LogP contribution in [0.15, 0.2) is 71.8 Å². The van der Waals surface area contributed by atoms with E-state index in [4.69, 9.17) is 4.52 Å². The Kier molecular flexibility index (Phi) is 5.97. The third kappa shape index (κ3) is 4.78. The molecular weight excluding hydrogens is 483 g/mol. The molecule has 0 aliphatic heterocycles. The van der Waals surface area contributed by atoms with Gasteiger partial charge in [-0.2, -0.15) is 23.4 Å². The van der Waals surface area contributed by atoms with Crippen LogP contribution in [0, 0.1) is 0 Å². The van der Waals surface area contributed by atoms with E-state index in [1.807, 2.05) is 60.4 Å². The summed E-state index contributed by atoms with van der Waals surface area (Å²) in [6.07, 6.45) is 3.03. The first-order valence-electron chi connectivity index (χ1n) is 11.6. The van der Waals surface area contributed by atoms with E-state index in [1.165, 1.54) is 6.07 Å². The van der Waals surface area contributed by atoms with Crippen LogP contribution in [0.25, 0.3) is 27.8 Å². The minimum absolute atomic E-state index is 0.105. The highest BCUT2D eigenvalue weighted by molar-refractivity contribution is 5.84. The van der Waals surface area contributed by atoms with Crippen molar-refractivity contribution in [1.82, 2.24) is 24.6 Å². The van der Waals surface area contributed by atoms with Crippen LogP contribution in [0.3, 0.4) is 0 Å². The zero-order chi connectivity index (χ0) is 26.4. The van der Waals surface area contributed by atoms with Gasteiger partial charge >= 0.3 is 6.18 Å². The molecule has 10 heteroatoms. The number of alkyl halides is 3. The molecule has 0 aliphatic rings. The highest BCUT2D eigenvalue weighted by Crippen LogP contribution is 2.40. The first-order chi connectivity index (χ1) is 17.5. The van der Waals surface area contributed by atoms with Crippen LogP contribution in [-0.2, 0) is 30.1 Å². The number of halogens is 3. The smallest absolute Gasteiger partial charge is 0.360 e. The maximum Gasteiger partial charge on any atom is 0.401 e. The van der Waals surface area contributed by atoms with Gasteiger partial charge in [0.15, 0.2) is 5.76 Å². The predicted molar refractivity (Wildman–Crippen MR) is 131 cm³/mol. The van der Waals surface area contributed by atoms with Crippen LogP contribution in [0.2, 0.25) is 0 Å². The maximum absolute atomic E-state index is 13.2. The average Bonchev–Trinajstić information content (AvgIpc) is 3.58. The quantitative estimate of drug-likeness (QED) is 0.287. The van der Waals surface area contributed by atoms with Crippen LogP contribution >= 0.6 is 0 Å². The SMILES string of the molecule is Cn1cc(-c2ccc3c(-c4ccc(CC(=O)Cc5cc(C(C)(C)C(F)(F)F)on5)cc4)cnn3c2)cn1. The lowest BCUT2D eigenvalue weighted by atomic mass is 9.89. The molecule has 0 radical (unpaired) electrons. The van der Waals surface area contributed by atoms with Crippen LogP contribution in [-0.4, -0.2) is 36.5 Å². The summed E-state index contributed by atoms with van der Waals surface area (Å²) in [5.74, 6) is -0.482. The molecule has 0 amide bonds. The molecule has 4 heterocycles. The Morgan fingerprint density at radius 2 is 1.65 bits per heavy atom. The minimum atomic E-state index is -4.49. The third-order valence-corrected chi connectivity index (χ3v) is 6.48. The van der Waals surface area contributed by atoms with Gasteiger partial charge in [0.1, 0.15) is 11.2 Å². The number of nitrogens with zero attached hydrogens (tertiary/aromatic N) is 5. The molecule has 4 aromatic heterocycles. The van der Waals surface area contributed by atoms with Gasteiger partial charge in [-0.05, 0) is 31.0 Å². The normalized spacial score (nSPS) is 12.4. The number of ketones is 1. The summed E-state index contributed by atoms with van der Waals surface area (Å²) in [4.78, 5) is 12.6.